The Kier molecular flexibility index (Phi) is 6.91. The summed E-state index contributed by atoms with van der Waals surface area (Å²) in [5, 5.41) is 21.1. The van der Waals surface area contributed by atoms with Crippen LogP contribution in [-0.2, 0) is 16.1 Å². The lowest BCUT2D eigenvalue weighted by Crippen LogP contribution is -2.69. The molecule has 10 nitrogen and oxygen atoms in total. The van der Waals surface area contributed by atoms with Crippen molar-refractivity contribution in [3.05, 3.63) is 42.2 Å². The van der Waals surface area contributed by atoms with E-state index in [0.29, 0.717) is 18.7 Å². The number of rotatable bonds is 4. The van der Waals surface area contributed by atoms with E-state index in [2.05, 4.69) is 25.2 Å². The molecule has 2 aromatic heterocycles. The predicted octanol–water partition coefficient (Wildman–Crippen LogP) is 0.743. The molecule has 2 atom stereocenters. The Labute approximate surface area is 174 Å². The van der Waals surface area contributed by atoms with Gasteiger partial charge < -0.3 is 30.2 Å². The van der Waals surface area contributed by atoms with Gasteiger partial charge in [-0.1, -0.05) is 0 Å². The van der Waals surface area contributed by atoms with E-state index in [4.69, 9.17) is 14.6 Å². The molecule has 4 rings (SSSR count). The summed E-state index contributed by atoms with van der Waals surface area (Å²) in [6.45, 7) is 4.59. The smallest absolute Gasteiger partial charge is 0.290 e. The van der Waals surface area contributed by atoms with Gasteiger partial charge in [0.1, 0.15) is 17.6 Å². The lowest BCUT2D eigenvalue weighted by molar-refractivity contribution is -0.206. The van der Waals surface area contributed by atoms with Gasteiger partial charge in [0.2, 0.25) is 0 Å². The van der Waals surface area contributed by atoms with Crippen LogP contribution in [0.15, 0.2) is 30.7 Å². The molecule has 0 saturated carbocycles. The lowest BCUT2D eigenvalue weighted by atomic mass is 9.73. The number of aromatic amines is 2. The number of ether oxygens (including phenoxy) is 1. The Bertz CT molecular complexity index is 802. The Balaban J connectivity index is 0.000000806. The average Bonchev–Trinajstić information content (AvgIpc) is 3.43. The quantitative estimate of drug-likeness (QED) is 0.460. The fourth-order valence-corrected chi connectivity index (χ4v) is 4.30. The second-order valence-electron chi connectivity index (χ2n) is 7.94. The van der Waals surface area contributed by atoms with Crippen molar-refractivity contribution in [2.45, 2.75) is 50.0 Å². The molecule has 0 bridgehead atoms. The third-order valence-electron chi connectivity index (χ3n) is 5.99. The van der Waals surface area contributed by atoms with Crippen LogP contribution in [0.5, 0.6) is 0 Å². The zero-order chi connectivity index (χ0) is 21.6. The number of aromatic nitrogens is 3. The number of carbonyl (C=O) groups excluding carboxylic acids is 1. The number of aliphatic hydroxyl groups is 1. The minimum atomic E-state index is -0.761. The zero-order valence-electron chi connectivity index (χ0n) is 17.0. The van der Waals surface area contributed by atoms with Crippen LogP contribution in [0.25, 0.3) is 0 Å². The van der Waals surface area contributed by atoms with Gasteiger partial charge in [0, 0.05) is 38.3 Å². The highest BCUT2D eigenvalue weighted by Gasteiger charge is 2.53. The molecule has 2 aromatic rings. The van der Waals surface area contributed by atoms with Crippen molar-refractivity contribution in [1.82, 2.24) is 25.2 Å². The van der Waals surface area contributed by atoms with E-state index in [-0.39, 0.29) is 12.4 Å². The maximum Gasteiger partial charge on any atom is 0.290 e. The number of carbonyl (C=O) groups is 2. The molecule has 1 amide bonds. The van der Waals surface area contributed by atoms with Gasteiger partial charge in [-0.25, -0.2) is 4.98 Å². The first kappa shape index (κ1) is 22.0. The van der Waals surface area contributed by atoms with Gasteiger partial charge in [0.15, 0.2) is 0 Å². The number of nitrogens with one attached hydrogen (secondary N) is 3. The molecule has 0 aliphatic carbocycles. The molecule has 2 fully saturated rings. The largest absolute Gasteiger partial charge is 0.483 e. The first-order valence-electron chi connectivity index (χ1n) is 9.99. The molecule has 0 aromatic carbocycles. The third kappa shape index (κ3) is 4.72. The molecular weight excluding hydrogens is 390 g/mol. The number of amides is 1. The number of likely N-dealkylation sites (tertiary alicyclic amines) is 1. The molecule has 4 heterocycles. The van der Waals surface area contributed by atoms with Crippen LogP contribution < -0.4 is 5.32 Å². The first-order chi connectivity index (χ1) is 14.4. The van der Waals surface area contributed by atoms with Crippen molar-refractivity contribution in [1.29, 1.82) is 0 Å². The molecular formula is C20H29N5O5. The normalized spacial score (nSPS) is 25.9. The molecule has 5 N–H and O–H groups in total. The highest BCUT2D eigenvalue weighted by atomic mass is 16.5. The van der Waals surface area contributed by atoms with Crippen molar-refractivity contribution < 1.29 is 24.5 Å². The van der Waals surface area contributed by atoms with Crippen molar-refractivity contribution in [3.8, 4) is 0 Å². The number of imidazole rings is 1. The van der Waals surface area contributed by atoms with Crippen LogP contribution in [0.2, 0.25) is 0 Å². The van der Waals surface area contributed by atoms with E-state index in [1.54, 1.807) is 24.5 Å². The van der Waals surface area contributed by atoms with Gasteiger partial charge in [-0.3, -0.25) is 14.5 Å². The van der Waals surface area contributed by atoms with Crippen molar-refractivity contribution in [2.75, 3.05) is 19.7 Å². The summed E-state index contributed by atoms with van der Waals surface area (Å²) in [5.41, 5.74) is -0.837. The highest BCUT2D eigenvalue weighted by molar-refractivity contribution is 5.92. The number of piperidine rings is 1. The maximum absolute atomic E-state index is 12.5. The molecule has 0 radical (unpaired) electrons. The van der Waals surface area contributed by atoms with Crippen LogP contribution in [0.4, 0.5) is 0 Å². The molecule has 2 aliphatic rings. The minimum Gasteiger partial charge on any atom is -0.483 e. The molecule has 10 heteroatoms. The summed E-state index contributed by atoms with van der Waals surface area (Å²) in [6.07, 6.45) is 6.57. The first-order valence-corrected chi connectivity index (χ1v) is 9.99. The summed E-state index contributed by atoms with van der Waals surface area (Å²) in [4.78, 5) is 33.5. The second kappa shape index (κ2) is 9.41. The zero-order valence-corrected chi connectivity index (χ0v) is 17.0. The van der Waals surface area contributed by atoms with E-state index < -0.39 is 17.2 Å². The van der Waals surface area contributed by atoms with E-state index in [1.165, 1.54) is 0 Å². The Morgan fingerprint density at radius 1 is 1.37 bits per heavy atom. The Morgan fingerprint density at radius 2 is 2.10 bits per heavy atom. The predicted molar refractivity (Wildman–Crippen MR) is 108 cm³/mol. The summed E-state index contributed by atoms with van der Waals surface area (Å²) in [5.74, 6) is 0.743. The fraction of sp³-hybridized carbons (Fsp3) is 0.550. The van der Waals surface area contributed by atoms with Crippen LogP contribution >= 0.6 is 0 Å². The topological polar surface area (TPSA) is 144 Å². The third-order valence-corrected chi connectivity index (χ3v) is 5.99. The van der Waals surface area contributed by atoms with Gasteiger partial charge >= 0.3 is 0 Å². The molecule has 2 aliphatic heterocycles. The van der Waals surface area contributed by atoms with Gasteiger partial charge in [-0.2, -0.15) is 0 Å². The number of hydrogen-bond donors (Lipinski definition) is 5. The van der Waals surface area contributed by atoms with E-state index in [1.807, 2.05) is 13.1 Å². The number of hydrogen-bond acceptors (Lipinski definition) is 6. The van der Waals surface area contributed by atoms with Crippen LogP contribution in [0.1, 0.15) is 42.5 Å². The van der Waals surface area contributed by atoms with Gasteiger partial charge in [-0.05, 0) is 38.3 Å². The summed E-state index contributed by atoms with van der Waals surface area (Å²) in [7, 11) is 0. The van der Waals surface area contributed by atoms with Crippen LogP contribution in [-0.4, -0.2) is 79.4 Å². The summed E-state index contributed by atoms with van der Waals surface area (Å²) < 4.78 is 6.11. The van der Waals surface area contributed by atoms with Crippen molar-refractivity contribution in [2.24, 2.45) is 0 Å². The van der Waals surface area contributed by atoms with E-state index in [0.717, 1.165) is 38.3 Å². The molecule has 2 saturated heterocycles. The van der Waals surface area contributed by atoms with Gasteiger partial charge in [0.25, 0.3) is 12.4 Å². The molecule has 30 heavy (non-hydrogen) atoms. The van der Waals surface area contributed by atoms with Crippen molar-refractivity contribution >= 4 is 12.4 Å². The number of carboxylic acid groups (broad SMARTS) is 1. The number of aliphatic hydroxyl groups excluding tert-OH is 1. The van der Waals surface area contributed by atoms with Crippen LogP contribution in [0.3, 0.4) is 0 Å². The summed E-state index contributed by atoms with van der Waals surface area (Å²) in [6, 6.07) is 3.52. The molecule has 164 valence electrons. The van der Waals surface area contributed by atoms with Crippen LogP contribution in [0, 0.1) is 0 Å². The van der Waals surface area contributed by atoms with Gasteiger partial charge in [-0.15, -0.1) is 0 Å². The van der Waals surface area contributed by atoms with E-state index in [9.17, 15) is 9.90 Å². The summed E-state index contributed by atoms with van der Waals surface area (Å²) >= 11 is 0. The van der Waals surface area contributed by atoms with Crippen molar-refractivity contribution in [3.63, 3.8) is 0 Å². The standard InChI is InChI=1S/C19H27N5O3.CH2O2/c1-18(23-16(25)14-3-2-7-20-14)6-12-27-19(17(18)26)4-10-24(11-5-19)13-15-21-8-9-22-15;2-1-3/h2-3,7-9,17,20,26H,4-6,10-13H2,1H3,(H,21,22)(H,23,25);1H,(H,2,3)/t17-,18+;/m1./s1. The maximum atomic E-state index is 12.5. The highest BCUT2D eigenvalue weighted by Crippen LogP contribution is 2.40. The number of H-pyrrole nitrogens is 2. The second-order valence-corrected chi connectivity index (χ2v) is 7.94. The van der Waals surface area contributed by atoms with E-state index >= 15 is 0 Å². The fourth-order valence-electron chi connectivity index (χ4n) is 4.30. The monoisotopic (exact) mass is 419 g/mol. The SMILES string of the molecule is C[C@]1(NC(=O)c2ccc[nH]2)CCOC2(CCN(Cc3ncc[nH]3)CC2)[C@@H]1O.O=CO. The minimum absolute atomic E-state index is 0.200. The van der Waals surface area contributed by atoms with Gasteiger partial charge in [0.05, 0.1) is 17.7 Å². The number of nitrogens with zero attached hydrogens (tertiary/aromatic N) is 2. The molecule has 1 spiro atoms. The Morgan fingerprint density at radius 3 is 2.70 bits per heavy atom. The molecule has 0 unspecified atom stereocenters. The average molecular weight is 419 g/mol. The Hall–Kier alpha value is -2.69. The lowest BCUT2D eigenvalue weighted by Gasteiger charge is -2.53.